The normalized spacial score (nSPS) is 9.14. The van der Waals surface area contributed by atoms with Crippen molar-refractivity contribution in [3.05, 3.63) is 54.6 Å². The first kappa shape index (κ1) is 10.7. The number of para-hydroxylation sites is 1. The SMILES string of the molecule is Oc1ccccc1-c1ccccc1.P. The third-order valence-corrected chi connectivity index (χ3v) is 1.99. The minimum absolute atomic E-state index is 0. The smallest absolute Gasteiger partial charge is 0.123 e. The first-order valence-electron chi connectivity index (χ1n) is 4.21. The van der Waals surface area contributed by atoms with E-state index in [1.165, 1.54) is 0 Å². The van der Waals surface area contributed by atoms with Crippen LogP contribution in [-0.4, -0.2) is 5.11 Å². The van der Waals surface area contributed by atoms with E-state index in [1.807, 2.05) is 48.5 Å². The van der Waals surface area contributed by atoms with E-state index in [4.69, 9.17) is 0 Å². The lowest BCUT2D eigenvalue weighted by Gasteiger charge is -2.02. The second kappa shape index (κ2) is 4.78. The maximum atomic E-state index is 9.56. The van der Waals surface area contributed by atoms with Crippen molar-refractivity contribution >= 4 is 9.90 Å². The molecule has 0 spiro atoms. The summed E-state index contributed by atoms with van der Waals surface area (Å²) in [5.41, 5.74) is 1.92. The van der Waals surface area contributed by atoms with Crippen LogP contribution in [0.4, 0.5) is 0 Å². The summed E-state index contributed by atoms with van der Waals surface area (Å²) in [4.78, 5) is 0. The van der Waals surface area contributed by atoms with Crippen LogP contribution in [0.25, 0.3) is 11.1 Å². The molecule has 0 saturated heterocycles. The van der Waals surface area contributed by atoms with Gasteiger partial charge in [-0.3, -0.25) is 0 Å². The summed E-state index contributed by atoms with van der Waals surface area (Å²) in [6.07, 6.45) is 0. The average Bonchev–Trinajstić information content (AvgIpc) is 2.20. The molecule has 0 radical (unpaired) electrons. The molecule has 0 saturated carbocycles. The number of rotatable bonds is 1. The largest absolute Gasteiger partial charge is 0.507 e. The van der Waals surface area contributed by atoms with Gasteiger partial charge in [0.15, 0.2) is 0 Å². The van der Waals surface area contributed by atoms with Gasteiger partial charge in [0.05, 0.1) is 0 Å². The van der Waals surface area contributed by atoms with Gasteiger partial charge >= 0.3 is 0 Å². The highest BCUT2D eigenvalue weighted by atomic mass is 31.0. The van der Waals surface area contributed by atoms with Crippen LogP contribution in [-0.2, 0) is 0 Å². The summed E-state index contributed by atoms with van der Waals surface area (Å²) in [6.45, 7) is 0. The van der Waals surface area contributed by atoms with Crippen molar-refractivity contribution in [2.24, 2.45) is 0 Å². The lowest BCUT2D eigenvalue weighted by molar-refractivity contribution is 0.477. The average molecular weight is 204 g/mol. The summed E-state index contributed by atoms with van der Waals surface area (Å²) in [5, 5.41) is 9.56. The van der Waals surface area contributed by atoms with Crippen molar-refractivity contribution in [1.29, 1.82) is 0 Å². The van der Waals surface area contributed by atoms with E-state index in [0.717, 1.165) is 11.1 Å². The first-order valence-corrected chi connectivity index (χ1v) is 4.21. The van der Waals surface area contributed by atoms with Crippen molar-refractivity contribution < 1.29 is 5.11 Å². The minimum atomic E-state index is 0. The van der Waals surface area contributed by atoms with Crippen molar-refractivity contribution in [1.82, 2.24) is 0 Å². The lowest BCUT2D eigenvalue weighted by atomic mass is 10.1. The summed E-state index contributed by atoms with van der Waals surface area (Å²) < 4.78 is 0. The van der Waals surface area contributed by atoms with E-state index in [2.05, 4.69) is 0 Å². The quantitative estimate of drug-likeness (QED) is 0.707. The van der Waals surface area contributed by atoms with Crippen molar-refractivity contribution in [3.63, 3.8) is 0 Å². The zero-order chi connectivity index (χ0) is 9.10. The Hall–Kier alpha value is -1.33. The van der Waals surface area contributed by atoms with E-state index in [9.17, 15) is 5.11 Å². The Bertz CT molecular complexity index is 398. The maximum absolute atomic E-state index is 9.56. The molecule has 2 aromatic rings. The fourth-order valence-electron chi connectivity index (χ4n) is 1.34. The predicted molar refractivity (Wildman–Crippen MR) is 64.6 cm³/mol. The Morgan fingerprint density at radius 1 is 0.714 bits per heavy atom. The fourth-order valence-corrected chi connectivity index (χ4v) is 1.34. The lowest BCUT2D eigenvalue weighted by Crippen LogP contribution is -1.76. The second-order valence-electron chi connectivity index (χ2n) is 2.88. The van der Waals surface area contributed by atoms with E-state index in [0.29, 0.717) is 5.75 Å². The summed E-state index contributed by atoms with van der Waals surface area (Å²) in [6, 6.07) is 17.2. The van der Waals surface area contributed by atoms with E-state index < -0.39 is 0 Å². The van der Waals surface area contributed by atoms with Gasteiger partial charge in [-0.2, -0.15) is 9.90 Å². The van der Waals surface area contributed by atoms with Crippen LogP contribution < -0.4 is 0 Å². The molecule has 0 aliphatic carbocycles. The Morgan fingerprint density at radius 2 is 1.29 bits per heavy atom. The Morgan fingerprint density at radius 3 is 1.93 bits per heavy atom. The van der Waals surface area contributed by atoms with Crippen molar-refractivity contribution in [3.8, 4) is 16.9 Å². The maximum Gasteiger partial charge on any atom is 0.123 e. The van der Waals surface area contributed by atoms with E-state index >= 15 is 0 Å². The molecule has 1 atom stereocenters. The zero-order valence-corrected chi connectivity index (χ0v) is 9.26. The van der Waals surface area contributed by atoms with Gasteiger partial charge in [0.1, 0.15) is 5.75 Å². The van der Waals surface area contributed by atoms with Gasteiger partial charge < -0.3 is 5.11 Å². The van der Waals surface area contributed by atoms with Crippen LogP contribution in [0, 0.1) is 0 Å². The number of aromatic hydroxyl groups is 1. The molecule has 1 N–H and O–H groups in total. The molecule has 0 aromatic heterocycles. The molecule has 14 heavy (non-hydrogen) atoms. The molecule has 72 valence electrons. The number of phenols is 1. The molecule has 1 unspecified atom stereocenters. The number of hydrogen-bond acceptors (Lipinski definition) is 1. The standard InChI is InChI=1S/C12H10O.H3P/c13-12-9-5-4-8-11(12)10-6-2-1-3-7-10;/h1-9,13H;1H3. The highest BCUT2D eigenvalue weighted by Crippen LogP contribution is 2.27. The molecule has 0 heterocycles. The van der Waals surface area contributed by atoms with Crippen LogP contribution >= 0.6 is 9.90 Å². The van der Waals surface area contributed by atoms with Gasteiger partial charge in [0.2, 0.25) is 0 Å². The minimum Gasteiger partial charge on any atom is -0.507 e. The van der Waals surface area contributed by atoms with Gasteiger partial charge in [-0.1, -0.05) is 48.5 Å². The van der Waals surface area contributed by atoms with E-state index in [1.54, 1.807) is 6.07 Å². The Kier molecular flexibility index (Phi) is 3.67. The molecule has 1 nitrogen and oxygen atoms in total. The van der Waals surface area contributed by atoms with E-state index in [-0.39, 0.29) is 9.90 Å². The topological polar surface area (TPSA) is 20.2 Å². The molecule has 0 amide bonds. The number of hydrogen-bond donors (Lipinski definition) is 1. The van der Waals surface area contributed by atoms with Crippen LogP contribution in [0.2, 0.25) is 0 Å². The Labute approximate surface area is 87.0 Å². The third kappa shape index (κ3) is 2.12. The van der Waals surface area contributed by atoms with Gasteiger partial charge in [-0.05, 0) is 11.6 Å². The first-order chi connectivity index (χ1) is 6.38. The number of phenolic OH excluding ortho intramolecular Hbond substituents is 1. The van der Waals surface area contributed by atoms with Crippen LogP contribution in [0.15, 0.2) is 54.6 Å². The molecular weight excluding hydrogens is 191 g/mol. The fraction of sp³-hybridized carbons (Fsp3) is 0. The van der Waals surface area contributed by atoms with Gasteiger partial charge in [-0.25, -0.2) is 0 Å². The molecule has 2 rings (SSSR count). The summed E-state index contributed by atoms with van der Waals surface area (Å²) in [5.74, 6) is 0.328. The monoisotopic (exact) mass is 204 g/mol. The van der Waals surface area contributed by atoms with Crippen molar-refractivity contribution in [2.45, 2.75) is 0 Å². The molecule has 0 aliphatic rings. The van der Waals surface area contributed by atoms with Gasteiger partial charge in [0.25, 0.3) is 0 Å². The summed E-state index contributed by atoms with van der Waals surface area (Å²) >= 11 is 0. The predicted octanol–water partition coefficient (Wildman–Crippen LogP) is 3.12. The number of benzene rings is 2. The second-order valence-corrected chi connectivity index (χ2v) is 2.88. The zero-order valence-electron chi connectivity index (χ0n) is 7.85. The van der Waals surface area contributed by atoms with Crippen molar-refractivity contribution in [2.75, 3.05) is 0 Å². The molecular formula is C12H13OP. The molecule has 0 aliphatic heterocycles. The molecule has 0 bridgehead atoms. The third-order valence-electron chi connectivity index (χ3n) is 1.99. The highest BCUT2D eigenvalue weighted by Gasteiger charge is 2.00. The Balaban J connectivity index is 0.000000980. The van der Waals surface area contributed by atoms with Crippen LogP contribution in [0.3, 0.4) is 0 Å². The molecule has 2 aromatic carbocycles. The highest BCUT2D eigenvalue weighted by molar-refractivity contribution is 6.92. The van der Waals surface area contributed by atoms with Gasteiger partial charge in [-0.15, -0.1) is 0 Å². The van der Waals surface area contributed by atoms with Crippen LogP contribution in [0.5, 0.6) is 5.75 Å². The molecule has 2 heteroatoms. The van der Waals surface area contributed by atoms with Gasteiger partial charge in [0, 0.05) is 5.56 Å². The summed E-state index contributed by atoms with van der Waals surface area (Å²) in [7, 11) is 0. The molecule has 0 fully saturated rings. The van der Waals surface area contributed by atoms with Crippen LogP contribution in [0.1, 0.15) is 0 Å².